The second-order valence-corrected chi connectivity index (χ2v) is 6.11. The summed E-state index contributed by atoms with van der Waals surface area (Å²) in [5.41, 5.74) is 0.516. The fourth-order valence-electron chi connectivity index (χ4n) is 0.596. The van der Waals surface area contributed by atoms with Gasteiger partial charge in [0.25, 0.3) is 0 Å². The summed E-state index contributed by atoms with van der Waals surface area (Å²) in [7, 11) is -2.27. The van der Waals surface area contributed by atoms with Crippen molar-refractivity contribution in [2.45, 2.75) is 0 Å². The molecule has 0 aliphatic rings. The predicted octanol–water partition coefficient (Wildman–Crippen LogP) is 1.38. The Bertz CT molecular complexity index is 292. The number of halogens is 1. The predicted molar refractivity (Wildman–Crippen MR) is 46.1 cm³/mol. The molecule has 0 N–H and O–H groups in total. The van der Waals surface area contributed by atoms with Gasteiger partial charge in [0.2, 0.25) is 0 Å². The van der Waals surface area contributed by atoms with Crippen LogP contribution in [0.4, 0.5) is 0 Å². The van der Waals surface area contributed by atoms with Crippen molar-refractivity contribution in [3.8, 4) is 0 Å². The molecule has 11 heavy (non-hydrogen) atoms. The van der Waals surface area contributed by atoms with Gasteiger partial charge in [-0.2, -0.15) is 0 Å². The van der Waals surface area contributed by atoms with E-state index in [1.165, 1.54) is 0 Å². The Morgan fingerprint density at radius 1 is 1.36 bits per heavy atom. The third-order valence-electron chi connectivity index (χ3n) is 1.17. The second kappa shape index (κ2) is 2.92. The van der Waals surface area contributed by atoms with E-state index in [2.05, 4.69) is 10.2 Å². The quantitative estimate of drug-likeness (QED) is 0.629. The van der Waals surface area contributed by atoms with Crippen molar-refractivity contribution in [3.63, 3.8) is 0 Å². The molecule has 0 saturated heterocycles. The molecule has 1 rings (SSSR count). The van der Waals surface area contributed by atoms with Gasteiger partial charge >= 0.3 is 0 Å². The Balaban J connectivity index is 3.09. The van der Waals surface area contributed by atoms with Crippen molar-refractivity contribution in [3.05, 3.63) is 17.3 Å². The van der Waals surface area contributed by atoms with Crippen molar-refractivity contribution in [1.29, 1.82) is 0 Å². The average Bonchev–Trinajstić information content (AvgIpc) is 1.86. The highest BCUT2D eigenvalue weighted by Gasteiger charge is 2.12. The molecule has 0 aromatic carbocycles. The minimum atomic E-state index is -2.27. The van der Waals surface area contributed by atoms with E-state index in [4.69, 9.17) is 11.6 Å². The summed E-state index contributed by atoms with van der Waals surface area (Å²) in [4.78, 5) is 0. The molecule has 0 atom stereocenters. The van der Waals surface area contributed by atoms with Crippen LogP contribution < -0.4 is 5.44 Å². The van der Waals surface area contributed by atoms with Gasteiger partial charge in [-0.1, -0.05) is 11.6 Å². The molecule has 0 amide bonds. The Labute approximate surface area is 70.2 Å². The van der Waals surface area contributed by atoms with Crippen LogP contribution in [0.15, 0.2) is 12.1 Å². The van der Waals surface area contributed by atoms with E-state index < -0.39 is 7.14 Å². The van der Waals surface area contributed by atoms with Gasteiger partial charge in [-0.15, -0.1) is 10.2 Å². The molecule has 0 radical (unpaired) electrons. The van der Waals surface area contributed by atoms with Crippen LogP contribution in [0.1, 0.15) is 0 Å². The second-order valence-electron chi connectivity index (χ2n) is 2.57. The molecular weight excluding hydrogens is 183 g/mol. The fraction of sp³-hybridized carbons (Fsp3) is 0.333. The van der Waals surface area contributed by atoms with Crippen molar-refractivity contribution in [2.24, 2.45) is 0 Å². The zero-order valence-corrected chi connectivity index (χ0v) is 7.93. The standard InChI is InChI=1S/C6H8ClN2OP/c1-11(2,10)6-4-3-5(7)8-9-6/h3-4H,1-2H3. The lowest BCUT2D eigenvalue weighted by atomic mass is 10.6. The number of hydrogen-bond donors (Lipinski definition) is 0. The van der Waals surface area contributed by atoms with Gasteiger partial charge in [0, 0.05) is 0 Å². The van der Waals surface area contributed by atoms with Crippen LogP contribution in [0.2, 0.25) is 5.15 Å². The van der Waals surface area contributed by atoms with E-state index in [0.29, 0.717) is 10.6 Å². The van der Waals surface area contributed by atoms with E-state index in [9.17, 15) is 4.57 Å². The first-order valence-electron chi connectivity index (χ1n) is 3.05. The fourth-order valence-corrected chi connectivity index (χ4v) is 1.39. The highest BCUT2D eigenvalue weighted by atomic mass is 35.5. The van der Waals surface area contributed by atoms with Gasteiger partial charge < -0.3 is 4.57 Å². The number of hydrogen-bond acceptors (Lipinski definition) is 3. The summed E-state index contributed by atoms with van der Waals surface area (Å²) in [6.07, 6.45) is 0. The first-order chi connectivity index (χ1) is 5.00. The highest BCUT2D eigenvalue weighted by Crippen LogP contribution is 2.32. The van der Waals surface area contributed by atoms with Crippen molar-refractivity contribution < 1.29 is 4.57 Å². The smallest absolute Gasteiger partial charge is 0.151 e. The molecule has 1 aromatic heterocycles. The van der Waals surface area contributed by atoms with Gasteiger partial charge in [-0.25, -0.2) is 0 Å². The molecule has 0 unspecified atom stereocenters. The average molecular weight is 191 g/mol. The molecule has 0 aliphatic heterocycles. The summed E-state index contributed by atoms with van der Waals surface area (Å²) < 4.78 is 11.4. The molecule has 5 heteroatoms. The highest BCUT2D eigenvalue weighted by molar-refractivity contribution is 7.69. The van der Waals surface area contributed by atoms with E-state index in [0.717, 1.165) is 0 Å². The zero-order valence-electron chi connectivity index (χ0n) is 6.28. The van der Waals surface area contributed by atoms with E-state index in [-0.39, 0.29) is 0 Å². The van der Waals surface area contributed by atoms with Crippen molar-refractivity contribution in [1.82, 2.24) is 10.2 Å². The van der Waals surface area contributed by atoms with E-state index in [1.54, 1.807) is 25.5 Å². The summed E-state index contributed by atoms with van der Waals surface area (Å²) in [5, 5.41) is 7.61. The van der Waals surface area contributed by atoms with Gasteiger partial charge in [-0.05, 0) is 25.5 Å². The lowest BCUT2D eigenvalue weighted by Crippen LogP contribution is -2.09. The Kier molecular flexibility index (Phi) is 2.31. The number of nitrogens with zero attached hydrogens (tertiary/aromatic N) is 2. The van der Waals surface area contributed by atoms with Gasteiger partial charge in [-0.3, -0.25) is 0 Å². The number of rotatable bonds is 1. The molecule has 1 heterocycles. The van der Waals surface area contributed by atoms with Crippen LogP contribution in [0, 0.1) is 0 Å². The van der Waals surface area contributed by atoms with Crippen LogP contribution in [0.5, 0.6) is 0 Å². The summed E-state index contributed by atoms with van der Waals surface area (Å²) in [6.45, 7) is 3.29. The molecule has 0 spiro atoms. The lowest BCUT2D eigenvalue weighted by molar-refractivity contribution is 0.587. The Hall–Kier alpha value is -0.400. The summed E-state index contributed by atoms with van der Waals surface area (Å²) in [6, 6.07) is 3.22. The molecule has 0 saturated carbocycles. The largest absolute Gasteiger partial charge is 0.318 e. The normalized spacial score (nSPS) is 11.5. The maximum absolute atomic E-state index is 11.4. The first kappa shape index (κ1) is 8.69. The van der Waals surface area contributed by atoms with Crippen molar-refractivity contribution in [2.75, 3.05) is 13.3 Å². The Morgan fingerprint density at radius 2 is 2.00 bits per heavy atom. The van der Waals surface area contributed by atoms with Gasteiger partial charge in [0.1, 0.15) is 12.6 Å². The third kappa shape index (κ3) is 2.28. The van der Waals surface area contributed by atoms with E-state index >= 15 is 0 Å². The molecule has 0 fully saturated rings. The molecular formula is C6H8ClN2OP. The van der Waals surface area contributed by atoms with Gasteiger partial charge in [0.05, 0.1) is 0 Å². The van der Waals surface area contributed by atoms with E-state index in [1.807, 2.05) is 0 Å². The van der Waals surface area contributed by atoms with Crippen molar-refractivity contribution >= 4 is 24.2 Å². The maximum atomic E-state index is 11.4. The van der Waals surface area contributed by atoms with Crippen LogP contribution >= 0.6 is 18.7 Å². The topological polar surface area (TPSA) is 42.9 Å². The summed E-state index contributed by atoms with van der Waals surface area (Å²) >= 11 is 5.50. The SMILES string of the molecule is CP(C)(=O)c1ccc(Cl)nn1. The molecule has 1 aromatic rings. The van der Waals surface area contributed by atoms with Crippen LogP contribution in [0.3, 0.4) is 0 Å². The van der Waals surface area contributed by atoms with Crippen LogP contribution in [-0.4, -0.2) is 23.5 Å². The van der Waals surface area contributed by atoms with Crippen LogP contribution in [-0.2, 0) is 4.57 Å². The Morgan fingerprint density at radius 3 is 2.36 bits per heavy atom. The van der Waals surface area contributed by atoms with Crippen LogP contribution in [0.25, 0.3) is 0 Å². The monoisotopic (exact) mass is 190 g/mol. The molecule has 0 bridgehead atoms. The lowest BCUT2D eigenvalue weighted by Gasteiger charge is -2.02. The zero-order chi connectivity index (χ0) is 8.48. The third-order valence-corrected chi connectivity index (χ3v) is 2.71. The summed E-state index contributed by atoms with van der Waals surface area (Å²) in [5.74, 6) is 0. The minimum Gasteiger partial charge on any atom is -0.318 e. The first-order valence-corrected chi connectivity index (χ1v) is 6.03. The maximum Gasteiger partial charge on any atom is 0.151 e. The minimum absolute atomic E-state index is 0.321. The number of aromatic nitrogens is 2. The molecule has 60 valence electrons. The molecule has 0 aliphatic carbocycles. The molecule has 3 nitrogen and oxygen atoms in total. The van der Waals surface area contributed by atoms with Gasteiger partial charge in [0.15, 0.2) is 5.15 Å².